The summed E-state index contributed by atoms with van der Waals surface area (Å²) in [5.74, 6) is 1.97. The summed E-state index contributed by atoms with van der Waals surface area (Å²) < 4.78 is 0. The van der Waals surface area contributed by atoms with E-state index in [1.54, 1.807) is 0 Å². The number of rotatable bonds is 3. The van der Waals surface area contributed by atoms with Crippen LogP contribution >= 0.6 is 0 Å². The third-order valence-electron chi connectivity index (χ3n) is 4.99. The standard InChI is InChI=1S/C19H25N5/c1-3-7-17(8-4-1)22-13-15-24(16-14-22)19-20-10-9-18(21-19)23-11-5-2-6-12-23/h1,3-4,7-10H,2,5-6,11-16H2. The Morgan fingerprint density at radius 3 is 2.12 bits per heavy atom. The number of hydrogen-bond acceptors (Lipinski definition) is 5. The Morgan fingerprint density at radius 1 is 0.667 bits per heavy atom. The fourth-order valence-corrected chi connectivity index (χ4v) is 3.59. The van der Waals surface area contributed by atoms with E-state index < -0.39 is 0 Å². The van der Waals surface area contributed by atoms with Gasteiger partial charge in [-0.2, -0.15) is 4.98 Å². The van der Waals surface area contributed by atoms with E-state index in [-0.39, 0.29) is 0 Å². The number of benzene rings is 1. The molecule has 4 rings (SSSR count). The molecular formula is C19H25N5. The summed E-state index contributed by atoms with van der Waals surface area (Å²) >= 11 is 0. The van der Waals surface area contributed by atoms with Crippen LogP contribution in [0.4, 0.5) is 17.5 Å². The van der Waals surface area contributed by atoms with Gasteiger partial charge in [0, 0.05) is 51.2 Å². The zero-order chi connectivity index (χ0) is 16.2. The van der Waals surface area contributed by atoms with Crippen molar-refractivity contribution in [2.75, 3.05) is 54.0 Å². The predicted molar refractivity (Wildman–Crippen MR) is 99.0 cm³/mol. The van der Waals surface area contributed by atoms with Gasteiger partial charge < -0.3 is 14.7 Å². The maximum atomic E-state index is 4.84. The van der Waals surface area contributed by atoms with Crippen LogP contribution in [0.3, 0.4) is 0 Å². The van der Waals surface area contributed by atoms with Crippen LogP contribution < -0.4 is 14.7 Å². The predicted octanol–water partition coefficient (Wildman–Crippen LogP) is 2.79. The normalized spacial score (nSPS) is 18.8. The highest BCUT2D eigenvalue weighted by molar-refractivity contribution is 5.49. The lowest BCUT2D eigenvalue weighted by Crippen LogP contribution is -2.47. The van der Waals surface area contributed by atoms with Crippen LogP contribution in [0, 0.1) is 0 Å². The van der Waals surface area contributed by atoms with Crippen molar-refractivity contribution in [3.63, 3.8) is 0 Å². The van der Waals surface area contributed by atoms with Crippen molar-refractivity contribution in [2.45, 2.75) is 19.3 Å². The van der Waals surface area contributed by atoms with Crippen LogP contribution in [0.2, 0.25) is 0 Å². The molecule has 2 aliphatic rings. The van der Waals surface area contributed by atoms with Crippen molar-refractivity contribution < 1.29 is 0 Å². The lowest BCUT2D eigenvalue weighted by atomic mass is 10.1. The van der Waals surface area contributed by atoms with E-state index in [2.05, 4.69) is 56.1 Å². The molecule has 2 saturated heterocycles. The molecule has 126 valence electrons. The lowest BCUT2D eigenvalue weighted by molar-refractivity contribution is 0.571. The van der Waals surface area contributed by atoms with E-state index in [0.717, 1.165) is 51.0 Å². The van der Waals surface area contributed by atoms with Gasteiger partial charge in [0.2, 0.25) is 5.95 Å². The summed E-state index contributed by atoms with van der Waals surface area (Å²) in [6.45, 7) is 6.22. The number of para-hydroxylation sites is 1. The minimum Gasteiger partial charge on any atom is -0.368 e. The van der Waals surface area contributed by atoms with Crippen LogP contribution in [-0.4, -0.2) is 49.2 Å². The van der Waals surface area contributed by atoms with Gasteiger partial charge in [0.15, 0.2) is 0 Å². The Morgan fingerprint density at radius 2 is 1.38 bits per heavy atom. The Bertz CT molecular complexity index is 646. The average molecular weight is 323 g/mol. The largest absolute Gasteiger partial charge is 0.368 e. The first-order valence-corrected chi connectivity index (χ1v) is 9.03. The Balaban J connectivity index is 1.42. The number of piperazine rings is 1. The molecule has 2 aromatic rings. The average Bonchev–Trinajstić information content (AvgIpc) is 2.70. The summed E-state index contributed by atoms with van der Waals surface area (Å²) in [4.78, 5) is 16.5. The molecule has 0 bridgehead atoms. The summed E-state index contributed by atoms with van der Waals surface area (Å²) in [6.07, 6.45) is 5.80. The zero-order valence-electron chi connectivity index (χ0n) is 14.1. The highest BCUT2D eigenvalue weighted by Crippen LogP contribution is 2.21. The Kier molecular flexibility index (Phi) is 4.49. The molecule has 0 aliphatic carbocycles. The fraction of sp³-hybridized carbons (Fsp3) is 0.474. The molecular weight excluding hydrogens is 298 g/mol. The second-order valence-electron chi connectivity index (χ2n) is 6.57. The summed E-state index contributed by atoms with van der Waals surface area (Å²) in [6, 6.07) is 12.7. The van der Waals surface area contributed by atoms with E-state index in [4.69, 9.17) is 4.98 Å². The Labute approximate surface area is 143 Å². The third kappa shape index (κ3) is 3.30. The number of hydrogen-bond donors (Lipinski definition) is 0. The molecule has 3 heterocycles. The number of anilines is 3. The minimum atomic E-state index is 0.880. The van der Waals surface area contributed by atoms with Crippen molar-refractivity contribution in [1.29, 1.82) is 0 Å². The molecule has 0 amide bonds. The van der Waals surface area contributed by atoms with E-state index in [0.29, 0.717) is 0 Å². The highest BCUT2D eigenvalue weighted by Gasteiger charge is 2.20. The Hall–Kier alpha value is -2.30. The molecule has 0 unspecified atom stereocenters. The maximum absolute atomic E-state index is 4.84. The number of piperidine rings is 1. The van der Waals surface area contributed by atoms with Gasteiger partial charge in [-0.05, 0) is 37.5 Å². The van der Waals surface area contributed by atoms with Crippen molar-refractivity contribution in [3.05, 3.63) is 42.6 Å². The molecule has 2 fully saturated rings. The second-order valence-corrected chi connectivity index (χ2v) is 6.57. The number of nitrogens with zero attached hydrogens (tertiary/aromatic N) is 5. The quantitative estimate of drug-likeness (QED) is 0.868. The highest BCUT2D eigenvalue weighted by atomic mass is 15.3. The van der Waals surface area contributed by atoms with Crippen LogP contribution in [0.1, 0.15) is 19.3 Å². The van der Waals surface area contributed by atoms with Crippen LogP contribution in [0.15, 0.2) is 42.6 Å². The van der Waals surface area contributed by atoms with Crippen molar-refractivity contribution in [2.24, 2.45) is 0 Å². The van der Waals surface area contributed by atoms with Gasteiger partial charge in [0.05, 0.1) is 0 Å². The molecule has 5 nitrogen and oxygen atoms in total. The summed E-state index contributed by atoms with van der Waals surface area (Å²) in [7, 11) is 0. The van der Waals surface area contributed by atoms with Gasteiger partial charge in [-0.15, -0.1) is 0 Å². The van der Waals surface area contributed by atoms with E-state index in [1.807, 2.05) is 6.20 Å². The number of aromatic nitrogens is 2. The molecule has 1 aromatic carbocycles. The molecule has 2 aliphatic heterocycles. The molecule has 1 aromatic heterocycles. The molecule has 24 heavy (non-hydrogen) atoms. The molecule has 0 saturated carbocycles. The van der Waals surface area contributed by atoms with E-state index in [9.17, 15) is 0 Å². The maximum Gasteiger partial charge on any atom is 0.227 e. The minimum absolute atomic E-state index is 0.880. The van der Waals surface area contributed by atoms with E-state index >= 15 is 0 Å². The van der Waals surface area contributed by atoms with Crippen LogP contribution in [-0.2, 0) is 0 Å². The third-order valence-corrected chi connectivity index (χ3v) is 4.99. The van der Waals surface area contributed by atoms with Crippen molar-refractivity contribution in [1.82, 2.24) is 9.97 Å². The first-order chi connectivity index (χ1) is 11.9. The topological polar surface area (TPSA) is 35.5 Å². The monoisotopic (exact) mass is 323 g/mol. The van der Waals surface area contributed by atoms with Gasteiger partial charge in [-0.25, -0.2) is 4.98 Å². The zero-order valence-corrected chi connectivity index (χ0v) is 14.1. The van der Waals surface area contributed by atoms with Gasteiger partial charge >= 0.3 is 0 Å². The summed E-state index contributed by atoms with van der Waals surface area (Å²) in [5, 5.41) is 0. The van der Waals surface area contributed by atoms with Crippen molar-refractivity contribution in [3.8, 4) is 0 Å². The van der Waals surface area contributed by atoms with Gasteiger partial charge in [0.1, 0.15) is 5.82 Å². The molecule has 0 atom stereocenters. The molecule has 5 heteroatoms. The molecule has 0 spiro atoms. The summed E-state index contributed by atoms with van der Waals surface area (Å²) in [5.41, 5.74) is 1.31. The van der Waals surface area contributed by atoms with Gasteiger partial charge in [-0.3, -0.25) is 0 Å². The molecule has 0 N–H and O–H groups in total. The first-order valence-electron chi connectivity index (χ1n) is 9.03. The SMILES string of the molecule is c1ccc(N2CCN(c3nccc(N4CCCCC4)n3)CC2)cc1. The fourth-order valence-electron chi connectivity index (χ4n) is 3.59. The first kappa shape index (κ1) is 15.2. The van der Waals surface area contributed by atoms with E-state index in [1.165, 1.54) is 24.9 Å². The second kappa shape index (κ2) is 7.07. The van der Waals surface area contributed by atoms with Crippen LogP contribution in [0.5, 0.6) is 0 Å². The smallest absolute Gasteiger partial charge is 0.227 e. The van der Waals surface area contributed by atoms with Crippen LogP contribution in [0.25, 0.3) is 0 Å². The van der Waals surface area contributed by atoms with Crippen molar-refractivity contribution >= 4 is 17.5 Å². The van der Waals surface area contributed by atoms with Gasteiger partial charge in [-0.1, -0.05) is 18.2 Å². The molecule has 0 radical (unpaired) electrons. The lowest BCUT2D eigenvalue weighted by Gasteiger charge is -2.36. The van der Waals surface area contributed by atoms with Gasteiger partial charge in [0.25, 0.3) is 0 Å².